The highest BCUT2D eigenvalue weighted by Gasteiger charge is 2.37. The first-order valence-electron chi connectivity index (χ1n) is 5.22. The van der Waals surface area contributed by atoms with E-state index in [1.807, 2.05) is 0 Å². The largest absolute Gasteiger partial charge is 0.573 e. The van der Waals surface area contributed by atoms with Gasteiger partial charge in [0.25, 0.3) is 11.6 Å². The molecule has 0 aliphatic carbocycles. The molecule has 0 saturated carbocycles. The second-order valence-corrected chi connectivity index (χ2v) is 3.52. The summed E-state index contributed by atoms with van der Waals surface area (Å²) in [5.41, 5.74) is -1.46. The Balaban J connectivity index is 3.48. The number of methoxy groups -OCH3 is 2. The minimum atomic E-state index is -5.14. The number of carbonyl (C=O) groups is 1. The number of ether oxygens (including phenoxy) is 3. The zero-order chi connectivity index (χ0) is 16.2. The third-order valence-electron chi connectivity index (χ3n) is 2.24. The van der Waals surface area contributed by atoms with Gasteiger partial charge in [-0.1, -0.05) is 0 Å². The molecule has 11 heteroatoms. The van der Waals surface area contributed by atoms with E-state index in [2.05, 4.69) is 19.2 Å². The molecule has 1 rings (SSSR count). The van der Waals surface area contributed by atoms with Crippen LogP contribution in [-0.4, -0.2) is 36.5 Å². The summed E-state index contributed by atoms with van der Waals surface area (Å²) in [6.45, 7) is 0. The van der Waals surface area contributed by atoms with Crippen LogP contribution in [0.1, 0.15) is 5.56 Å². The molecule has 0 radical (unpaired) electrons. The van der Waals surface area contributed by atoms with Crippen molar-refractivity contribution in [1.82, 2.24) is 4.98 Å². The molecular weight excluding hydrogens is 301 g/mol. The summed E-state index contributed by atoms with van der Waals surface area (Å²) in [6.07, 6.45) is -5.29. The number of halogens is 3. The normalized spacial score (nSPS) is 10.9. The van der Waals surface area contributed by atoms with Crippen LogP contribution < -0.4 is 9.47 Å². The van der Waals surface area contributed by atoms with E-state index in [1.54, 1.807) is 0 Å². The van der Waals surface area contributed by atoms with Gasteiger partial charge in [-0.15, -0.1) is 13.2 Å². The summed E-state index contributed by atoms with van der Waals surface area (Å²) < 4.78 is 49.7. The third kappa shape index (κ3) is 4.19. The first-order valence-corrected chi connectivity index (χ1v) is 5.22. The van der Waals surface area contributed by atoms with Gasteiger partial charge in [-0.2, -0.15) is 0 Å². The Kier molecular flexibility index (Phi) is 4.89. The van der Waals surface area contributed by atoms with Crippen molar-refractivity contribution in [1.29, 1.82) is 0 Å². The lowest BCUT2D eigenvalue weighted by Gasteiger charge is -2.15. The summed E-state index contributed by atoms with van der Waals surface area (Å²) in [7, 11) is 1.98. The lowest BCUT2D eigenvalue weighted by atomic mass is 10.1. The highest BCUT2D eigenvalue weighted by molar-refractivity contribution is 5.76. The first kappa shape index (κ1) is 16.5. The number of nitrogens with zero attached hydrogens (tertiary/aromatic N) is 2. The highest BCUT2D eigenvalue weighted by atomic mass is 19.4. The van der Waals surface area contributed by atoms with Crippen LogP contribution in [0.3, 0.4) is 0 Å². The lowest BCUT2D eigenvalue weighted by Crippen LogP contribution is -2.20. The lowest BCUT2D eigenvalue weighted by molar-refractivity contribution is -0.386. The third-order valence-corrected chi connectivity index (χ3v) is 2.24. The number of pyridine rings is 1. The molecule has 116 valence electrons. The summed E-state index contributed by atoms with van der Waals surface area (Å²) >= 11 is 0. The van der Waals surface area contributed by atoms with Gasteiger partial charge in [0.15, 0.2) is 0 Å². The summed E-state index contributed by atoms with van der Waals surface area (Å²) in [6, 6.07) is 0. The van der Waals surface area contributed by atoms with Crippen LogP contribution in [0.25, 0.3) is 0 Å². The van der Waals surface area contributed by atoms with Crippen molar-refractivity contribution in [3.8, 4) is 11.6 Å². The summed E-state index contributed by atoms with van der Waals surface area (Å²) in [5.74, 6) is -2.68. The quantitative estimate of drug-likeness (QED) is 0.462. The average Bonchev–Trinajstić information content (AvgIpc) is 2.38. The fraction of sp³-hybridized carbons (Fsp3) is 0.400. The smallest absolute Gasteiger partial charge is 0.478 e. The molecule has 0 atom stereocenters. The van der Waals surface area contributed by atoms with Crippen molar-refractivity contribution in [3.05, 3.63) is 21.9 Å². The minimum absolute atomic E-state index is 0.642. The predicted molar refractivity (Wildman–Crippen MR) is 59.8 cm³/mol. The molecule has 0 fully saturated rings. The van der Waals surface area contributed by atoms with E-state index < -0.39 is 46.6 Å². The molecule has 0 spiro atoms. The molecule has 8 nitrogen and oxygen atoms in total. The summed E-state index contributed by atoms with van der Waals surface area (Å²) in [4.78, 5) is 24.4. The van der Waals surface area contributed by atoms with Gasteiger partial charge in [-0.05, 0) is 0 Å². The molecule has 0 bridgehead atoms. The highest BCUT2D eigenvalue weighted by Crippen LogP contribution is 2.38. The molecule has 1 heterocycles. The second kappa shape index (κ2) is 6.24. The maximum atomic E-state index is 12.4. The predicted octanol–water partition coefficient (Wildman–Crippen LogP) is 1.61. The average molecular weight is 310 g/mol. The van der Waals surface area contributed by atoms with E-state index >= 15 is 0 Å². The molecule has 21 heavy (non-hydrogen) atoms. The number of rotatable bonds is 5. The van der Waals surface area contributed by atoms with Crippen LogP contribution in [0, 0.1) is 10.1 Å². The number of carbonyl (C=O) groups excluding carboxylic acids is 1. The first-order chi connectivity index (χ1) is 9.69. The standard InChI is InChI=1S/C10H9F3N2O6/c1-19-7(16)3-5-6(15(17)18)4-14-9(20-2)8(5)21-10(11,12)13/h4H,3H2,1-2H3. The molecule has 0 N–H and O–H groups in total. The fourth-order valence-corrected chi connectivity index (χ4v) is 1.41. The van der Waals surface area contributed by atoms with Crippen molar-refractivity contribution in [2.45, 2.75) is 12.8 Å². The number of aromatic nitrogens is 1. The Labute approximate surface area is 115 Å². The van der Waals surface area contributed by atoms with Crippen molar-refractivity contribution >= 4 is 11.7 Å². The van der Waals surface area contributed by atoms with Gasteiger partial charge in [0, 0.05) is 0 Å². The molecule has 0 aliphatic heterocycles. The number of hydrogen-bond acceptors (Lipinski definition) is 7. The molecule has 0 amide bonds. The topological polar surface area (TPSA) is 101 Å². The Morgan fingerprint density at radius 3 is 2.48 bits per heavy atom. The van der Waals surface area contributed by atoms with Gasteiger partial charge in [0.05, 0.1) is 31.1 Å². The van der Waals surface area contributed by atoms with E-state index in [4.69, 9.17) is 0 Å². The number of hydrogen-bond donors (Lipinski definition) is 0. The van der Waals surface area contributed by atoms with Crippen molar-refractivity contribution in [3.63, 3.8) is 0 Å². The number of nitro groups is 1. The van der Waals surface area contributed by atoms with E-state index in [-0.39, 0.29) is 0 Å². The van der Waals surface area contributed by atoms with E-state index in [0.29, 0.717) is 6.20 Å². The minimum Gasteiger partial charge on any atom is -0.478 e. The maximum absolute atomic E-state index is 12.4. The Morgan fingerprint density at radius 2 is 2.05 bits per heavy atom. The van der Waals surface area contributed by atoms with Crippen LogP contribution in [-0.2, 0) is 16.0 Å². The zero-order valence-corrected chi connectivity index (χ0v) is 10.8. The van der Waals surface area contributed by atoms with Crippen LogP contribution in [0.5, 0.6) is 11.6 Å². The summed E-state index contributed by atoms with van der Waals surface area (Å²) in [5, 5.41) is 10.8. The molecule has 1 aromatic rings. The van der Waals surface area contributed by atoms with E-state index in [9.17, 15) is 28.1 Å². The van der Waals surface area contributed by atoms with E-state index in [0.717, 1.165) is 14.2 Å². The van der Waals surface area contributed by atoms with Crippen LogP contribution in [0.2, 0.25) is 0 Å². The molecule has 1 aromatic heterocycles. The monoisotopic (exact) mass is 310 g/mol. The zero-order valence-electron chi connectivity index (χ0n) is 10.8. The number of esters is 1. The van der Waals surface area contributed by atoms with E-state index in [1.165, 1.54) is 0 Å². The molecule has 0 aliphatic rings. The Morgan fingerprint density at radius 1 is 1.43 bits per heavy atom. The molecular formula is C10H9F3N2O6. The molecule has 0 unspecified atom stereocenters. The van der Waals surface area contributed by atoms with Crippen LogP contribution >= 0.6 is 0 Å². The molecule has 0 saturated heterocycles. The Bertz CT molecular complexity index is 560. The van der Waals surface area contributed by atoms with Crippen LogP contribution in [0.4, 0.5) is 18.9 Å². The number of alkyl halides is 3. The second-order valence-electron chi connectivity index (χ2n) is 3.52. The fourth-order valence-electron chi connectivity index (χ4n) is 1.41. The van der Waals surface area contributed by atoms with Gasteiger partial charge in [0.2, 0.25) is 5.75 Å². The Hall–Kier alpha value is -2.59. The van der Waals surface area contributed by atoms with Gasteiger partial charge in [-0.3, -0.25) is 14.9 Å². The van der Waals surface area contributed by atoms with Crippen molar-refractivity contribution in [2.75, 3.05) is 14.2 Å². The SMILES string of the molecule is COC(=O)Cc1c([N+](=O)[O-])cnc(OC)c1OC(F)(F)F. The van der Waals surface area contributed by atoms with Gasteiger partial charge >= 0.3 is 12.3 Å². The van der Waals surface area contributed by atoms with Crippen molar-refractivity contribution < 1.29 is 37.1 Å². The van der Waals surface area contributed by atoms with Crippen molar-refractivity contribution in [2.24, 2.45) is 0 Å². The van der Waals surface area contributed by atoms with Gasteiger partial charge in [0.1, 0.15) is 6.20 Å². The van der Waals surface area contributed by atoms with Crippen LogP contribution in [0.15, 0.2) is 6.20 Å². The maximum Gasteiger partial charge on any atom is 0.573 e. The van der Waals surface area contributed by atoms with Gasteiger partial charge < -0.3 is 14.2 Å². The van der Waals surface area contributed by atoms with Gasteiger partial charge in [-0.25, -0.2) is 4.98 Å². The molecule has 0 aromatic carbocycles.